The Labute approximate surface area is 193 Å². The van der Waals surface area contributed by atoms with Gasteiger partial charge in [-0.2, -0.15) is 0 Å². The fourth-order valence-corrected chi connectivity index (χ4v) is 4.46. The number of carbonyl (C=O) groups is 1. The molecule has 2 aromatic carbocycles. The van der Waals surface area contributed by atoms with Gasteiger partial charge < -0.3 is 19.7 Å². The van der Waals surface area contributed by atoms with E-state index in [4.69, 9.17) is 9.47 Å². The van der Waals surface area contributed by atoms with Crippen LogP contribution < -0.4 is 19.7 Å². The largest absolute Gasteiger partial charge is 0.493 e. The van der Waals surface area contributed by atoms with Crippen LogP contribution in [0.3, 0.4) is 0 Å². The molecule has 1 unspecified atom stereocenters. The van der Waals surface area contributed by atoms with Crippen molar-refractivity contribution in [2.45, 2.75) is 25.8 Å². The van der Waals surface area contributed by atoms with Gasteiger partial charge in [-0.1, -0.05) is 30.3 Å². The van der Waals surface area contributed by atoms with Gasteiger partial charge in [0.15, 0.2) is 17.3 Å². The average Bonchev–Trinajstić information content (AvgIpc) is 3.21. The van der Waals surface area contributed by atoms with Gasteiger partial charge in [0.05, 0.1) is 20.3 Å². The number of nitrogens with one attached hydrogen (secondary N) is 1. The molecule has 1 amide bonds. The molecule has 2 aliphatic rings. The zero-order valence-corrected chi connectivity index (χ0v) is 18.8. The van der Waals surface area contributed by atoms with Gasteiger partial charge >= 0.3 is 0 Å². The lowest BCUT2D eigenvalue weighted by Crippen LogP contribution is -2.30. The second-order valence-electron chi connectivity index (χ2n) is 8.51. The molecule has 7 heteroatoms. The number of benzene rings is 2. The van der Waals surface area contributed by atoms with Gasteiger partial charge in [0.1, 0.15) is 5.69 Å². The summed E-state index contributed by atoms with van der Waals surface area (Å²) < 4.78 is 11.6. The van der Waals surface area contributed by atoms with Crippen LogP contribution in [0.4, 0.5) is 5.69 Å². The summed E-state index contributed by atoms with van der Waals surface area (Å²) in [7, 11) is 1.62. The second kappa shape index (κ2) is 9.58. The molecule has 3 aromatic rings. The standard InChI is InChI=1S/C26H28N4O3/c1-32-23-14-21(9-10-22(23)33-13-11-18-6-5-12-27-15-18)30-17-20-16-28-25(29-24(20)26(30)31)19-7-3-2-4-8-19/h2-4,7-10,14,16,18,27H,5-6,11-13,15,17H2,1H3. The average molecular weight is 445 g/mol. The number of carbonyl (C=O) groups excluding carboxylic acids is 1. The van der Waals surface area contributed by atoms with Gasteiger partial charge in [-0.05, 0) is 50.4 Å². The van der Waals surface area contributed by atoms with E-state index in [0.717, 1.165) is 36.3 Å². The molecule has 0 radical (unpaired) electrons. The summed E-state index contributed by atoms with van der Waals surface area (Å²) in [4.78, 5) is 23.9. The molecule has 7 nitrogen and oxygen atoms in total. The molecule has 0 saturated carbocycles. The molecule has 0 aliphatic carbocycles. The van der Waals surface area contributed by atoms with Crippen LogP contribution in [0, 0.1) is 5.92 Å². The summed E-state index contributed by atoms with van der Waals surface area (Å²) in [5.74, 6) is 2.39. The number of fused-ring (bicyclic) bond motifs is 1. The van der Waals surface area contributed by atoms with Crippen LogP contribution in [0.15, 0.2) is 54.7 Å². The van der Waals surface area contributed by atoms with Crippen LogP contribution in [-0.2, 0) is 6.54 Å². The number of nitrogens with zero attached hydrogens (tertiary/aromatic N) is 3. The number of methoxy groups -OCH3 is 1. The van der Waals surface area contributed by atoms with Crippen molar-refractivity contribution in [2.24, 2.45) is 5.92 Å². The Morgan fingerprint density at radius 2 is 2.03 bits per heavy atom. The van der Waals surface area contributed by atoms with E-state index in [-0.39, 0.29) is 5.91 Å². The molecule has 1 N–H and O–H groups in total. The van der Waals surface area contributed by atoms with Crippen molar-refractivity contribution < 1.29 is 14.3 Å². The van der Waals surface area contributed by atoms with Crippen molar-refractivity contribution in [3.63, 3.8) is 0 Å². The number of anilines is 1. The minimum atomic E-state index is -0.134. The highest BCUT2D eigenvalue weighted by Gasteiger charge is 2.31. The first-order valence-corrected chi connectivity index (χ1v) is 11.5. The van der Waals surface area contributed by atoms with Gasteiger partial charge in [-0.3, -0.25) is 4.79 Å². The van der Waals surface area contributed by atoms with Crippen LogP contribution in [0.25, 0.3) is 11.4 Å². The first kappa shape index (κ1) is 21.4. The monoisotopic (exact) mass is 444 g/mol. The molecule has 1 saturated heterocycles. The molecule has 5 rings (SSSR count). The maximum Gasteiger partial charge on any atom is 0.277 e. The molecule has 1 fully saturated rings. The minimum absolute atomic E-state index is 0.134. The molecule has 0 spiro atoms. The Bertz CT molecular complexity index is 1130. The van der Waals surface area contributed by atoms with E-state index < -0.39 is 0 Å². The summed E-state index contributed by atoms with van der Waals surface area (Å²) in [6.07, 6.45) is 5.24. The van der Waals surface area contributed by atoms with Gasteiger partial charge in [0, 0.05) is 29.1 Å². The van der Waals surface area contributed by atoms with Crippen LogP contribution in [0.2, 0.25) is 0 Å². The Hall–Kier alpha value is -3.45. The lowest BCUT2D eigenvalue weighted by Gasteiger charge is -2.23. The normalized spacial score (nSPS) is 17.7. The molecule has 33 heavy (non-hydrogen) atoms. The molecule has 1 aromatic heterocycles. The lowest BCUT2D eigenvalue weighted by molar-refractivity contribution is 0.0992. The molecule has 2 aliphatic heterocycles. The summed E-state index contributed by atoms with van der Waals surface area (Å²) in [6, 6.07) is 15.3. The van der Waals surface area contributed by atoms with E-state index >= 15 is 0 Å². The number of aromatic nitrogens is 2. The lowest BCUT2D eigenvalue weighted by atomic mass is 9.97. The molecule has 3 heterocycles. The van der Waals surface area contributed by atoms with Crippen molar-refractivity contribution in [1.29, 1.82) is 0 Å². The maximum absolute atomic E-state index is 13.2. The summed E-state index contributed by atoms with van der Waals surface area (Å²) in [5.41, 5.74) is 2.91. The molecule has 170 valence electrons. The maximum atomic E-state index is 13.2. The third-order valence-corrected chi connectivity index (χ3v) is 6.31. The van der Waals surface area contributed by atoms with E-state index in [1.807, 2.05) is 48.5 Å². The van der Waals surface area contributed by atoms with Crippen molar-refractivity contribution in [3.05, 3.63) is 66.0 Å². The van der Waals surface area contributed by atoms with E-state index in [1.165, 1.54) is 12.8 Å². The highest BCUT2D eigenvalue weighted by atomic mass is 16.5. The topological polar surface area (TPSA) is 76.6 Å². The SMILES string of the molecule is COc1cc(N2Cc3cnc(-c4ccccc4)nc3C2=O)ccc1OCCC1CCCNC1. The predicted molar refractivity (Wildman–Crippen MR) is 127 cm³/mol. The van der Waals surface area contributed by atoms with Crippen LogP contribution in [0.1, 0.15) is 35.3 Å². The van der Waals surface area contributed by atoms with Crippen molar-refractivity contribution in [3.8, 4) is 22.9 Å². The zero-order chi connectivity index (χ0) is 22.6. The Morgan fingerprint density at radius 1 is 1.15 bits per heavy atom. The van der Waals surface area contributed by atoms with Gasteiger partial charge in [0.25, 0.3) is 5.91 Å². The summed E-state index contributed by atoms with van der Waals surface area (Å²) in [5, 5.41) is 3.44. The predicted octanol–water partition coefficient (Wildman–Crippen LogP) is 4.08. The number of hydrogen-bond acceptors (Lipinski definition) is 6. The van der Waals surface area contributed by atoms with Crippen molar-refractivity contribution >= 4 is 11.6 Å². The van der Waals surface area contributed by atoms with Gasteiger partial charge in [-0.25, -0.2) is 9.97 Å². The van der Waals surface area contributed by atoms with Gasteiger partial charge in [-0.15, -0.1) is 0 Å². The third kappa shape index (κ3) is 4.54. The van der Waals surface area contributed by atoms with E-state index in [2.05, 4.69) is 15.3 Å². The van der Waals surface area contributed by atoms with E-state index in [0.29, 0.717) is 42.1 Å². The van der Waals surface area contributed by atoms with Crippen LogP contribution >= 0.6 is 0 Å². The number of ether oxygens (including phenoxy) is 2. The van der Waals surface area contributed by atoms with Crippen molar-refractivity contribution in [2.75, 3.05) is 31.7 Å². The Balaban J connectivity index is 1.30. The number of rotatable bonds is 7. The number of piperidine rings is 1. The van der Waals surface area contributed by atoms with Gasteiger partial charge in [0.2, 0.25) is 0 Å². The minimum Gasteiger partial charge on any atom is -0.493 e. The van der Waals surface area contributed by atoms with Crippen LogP contribution in [0.5, 0.6) is 11.5 Å². The summed E-state index contributed by atoms with van der Waals surface area (Å²) >= 11 is 0. The third-order valence-electron chi connectivity index (χ3n) is 6.31. The number of amides is 1. The van der Waals surface area contributed by atoms with Crippen molar-refractivity contribution in [1.82, 2.24) is 15.3 Å². The molecular formula is C26H28N4O3. The smallest absolute Gasteiger partial charge is 0.277 e. The Morgan fingerprint density at radius 3 is 2.82 bits per heavy atom. The first-order valence-electron chi connectivity index (χ1n) is 11.5. The quantitative estimate of drug-likeness (QED) is 0.592. The summed E-state index contributed by atoms with van der Waals surface area (Å²) in [6.45, 7) is 3.26. The highest BCUT2D eigenvalue weighted by Crippen LogP contribution is 2.35. The fourth-order valence-electron chi connectivity index (χ4n) is 4.46. The number of hydrogen-bond donors (Lipinski definition) is 1. The second-order valence-corrected chi connectivity index (χ2v) is 8.51. The van der Waals surface area contributed by atoms with E-state index in [9.17, 15) is 4.79 Å². The molecular weight excluding hydrogens is 416 g/mol. The molecule has 0 bridgehead atoms. The van der Waals surface area contributed by atoms with Crippen LogP contribution in [-0.4, -0.2) is 42.7 Å². The zero-order valence-electron chi connectivity index (χ0n) is 18.8. The fraction of sp³-hybridized carbons (Fsp3) is 0.346. The Kier molecular flexibility index (Phi) is 6.21. The highest BCUT2D eigenvalue weighted by molar-refractivity contribution is 6.08. The van der Waals surface area contributed by atoms with E-state index in [1.54, 1.807) is 18.2 Å². The first-order chi connectivity index (χ1) is 16.2. The molecule has 1 atom stereocenters.